The zero-order valence-electron chi connectivity index (χ0n) is 11.0. The minimum absolute atomic E-state index is 0.497. The van der Waals surface area contributed by atoms with Crippen molar-refractivity contribution in [2.75, 3.05) is 14.2 Å². The summed E-state index contributed by atoms with van der Waals surface area (Å²) in [5.41, 5.74) is 1.72. The minimum Gasteiger partial charge on any atom is -0.497 e. The Morgan fingerprint density at radius 3 is 2.68 bits per heavy atom. The second-order valence-corrected chi connectivity index (χ2v) is 4.19. The fourth-order valence-electron chi connectivity index (χ4n) is 1.95. The van der Waals surface area contributed by atoms with Gasteiger partial charge in [-0.15, -0.1) is 0 Å². The topological polar surface area (TPSA) is 51.6 Å². The van der Waals surface area contributed by atoms with Crippen molar-refractivity contribution in [3.63, 3.8) is 0 Å². The van der Waals surface area contributed by atoms with E-state index in [4.69, 9.17) is 9.47 Å². The average molecular weight is 259 g/mol. The minimum atomic E-state index is -0.634. The fourth-order valence-corrected chi connectivity index (χ4v) is 1.95. The number of rotatable bonds is 5. The Bertz CT molecular complexity index is 528. The second-order valence-electron chi connectivity index (χ2n) is 4.19. The van der Waals surface area contributed by atoms with E-state index in [1.54, 1.807) is 32.7 Å². The van der Waals surface area contributed by atoms with Crippen LogP contribution >= 0.6 is 0 Å². The van der Waals surface area contributed by atoms with E-state index in [-0.39, 0.29) is 0 Å². The van der Waals surface area contributed by atoms with Gasteiger partial charge < -0.3 is 14.6 Å². The highest BCUT2D eigenvalue weighted by atomic mass is 16.5. The molecule has 2 rings (SSSR count). The second kappa shape index (κ2) is 6.20. The molecule has 0 fully saturated rings. The van der Waals surface area contributed by atoms with E-state index in [0.717, 1.165) is 11.1 Å². The Morgan fingerprint density at radius 1 is 1.21 bits per heavy atom. The summed E-state index contributed by atoms with van der Waals surface area (Å²) in [7, 11) is 3.18. The summed E-state index contributed by atoms with van der Waals surface area (Å²) < 4.78 is 10.4. The molecule has 1 heterocycles. The molecule has 2 aromatic rings. The molecule has 0 aliphatic heterocycles. The van der Waals surface area contributed by atoms with Crippen molar-refractivity contribution in [1.29, 1.82) is 0 Å². The number of methoxy groups -OCH3 is 2. The molecule has 0 spiro atoms. The van der Waals surface area contributed by atoms with Crippen LogP contribution in [0.1, 0.15) is 17.2 Å². The van der Waals surface area contributed by atoms with E-state index in [1.165, 1.54) is 0 Å². The molecule has 0 saturated carbocycles. The maximum Gasteiger partial charge on any atom is 0.128 e. The SMILES string of the molecule is COc1ccc(C(O)Cc2cccnc2)c(OC)c1. The number of benzene rings is 1. The molecule has 4 nitrogen and oxygen atoms in total. The monoisotopic (exact) mass is 259 g/mol. The molecule has 0 aliphatic rings. The predicted molar refractivity (Wildman–Crippen MR) is 72.4 cm³/mol. The Morgan fingerprint density at radius 2 is 2.05 bits per heavy atom. The Kier molecular flexibility index (Phi) is 4.36. The van der Waals surface area contributed by atoms with E-state index < -0.39 is 6.10 Å². The molecule has 1 aromatic carbocycles. The first-order chi connectivity index (χ1) is 9.24. The van der Waals surface area contributed by atoms with E-state index in [9.17, 15) is 5.11 Å². The van der Waals surface area contributed by atoms with Crippen molar-refractivity contribution in [3.05, 3.63) is 53.9 Å². The third kappa shape index (κ3) is 3.23. The van der Waals surface area contributed by atoms with Gasteiger partial charge in [-0.3, -0.25) is 4.98 Å². The van der Waals surface area contributed by atoms with Crippen LogP contribution in [-0.2, 0) is 6.42 Å². The van der Waals surface area contributed by atoms with Gasteiger partial charge in [0.1, 0.15) is 11.5 Å². The predicted octanol–water partition coefficient (Wildman–Crippen LogP) is 2.37. The standard InChI is InChI=1S/C15H17NO3/c1-18-12-5-6-13(15(9-12)19-2)14(17)8-11-4-3-7-16-10-11/h3-7,9-10,14,17H,8H2,1-2H3. The highest BCUT2D eigenvalue weighted by Gasteiger charge is 2.14. The maximum absolute atomic E-state index is 10.3. The fraction of sp³-hybridized carbons (Fsp3) is 0.267. The number of aromatic nitrogens is 1. The van der Waals surface area contributed by atoms with Crippen LogP contribution in [0.25, 0.3) is 0 Å². The van der Waals surface area contributed by atoms with Gasteiger partial charge >= 0.3 is 0 Å². The summed E-state index contributed by atoms with van der Waals surface area (Å²) >= 11 is 0. The average Bonchev–Trinajstić information content (AvgIpc) is 2.47. The smallest absolute Gasteiger partial charge is 0.128 e. The largest absolute Gasteiger partial charge is 0.497 e. The first-order valence-electron chi connectivity index (χ1n) is 6.03. The van der Waals surface area contributed by atoms with Crippen LogP contribution in [0.2, 0.25) is 0 Å². The molecule has 1 N–H and O–H groups in total. The highest BCUT2D eigenvalue weighted by Crippen LogP contribution is 2.30. The third-order valence-corrected chi connectivity index (χ3v) is 2.95. The highest BCUT2D eigenvalue weighted by molar-refractivity contribution is 5.42. The molecule has 1 atom stereocenters. The van der Waals surface area contributed by atoms with E-state index in [2.05, 4.69) is 4.98 Å². The quantitative estimate of drug-likeness (QED) is 0.895. The lowest BCUT2D eigenvalue weighted by atomic mass is 10.0. The first-order valence-corrected chi connectivity index (χ1v) is 6.03. The van der Waals surface area contributed by atoms with E-state index in [1.807, 2.05) is 24.3 Å². The molecule has 0 radical (unpaired) electrons. The molecule has 4 heteroatoms. The number of hydrogen-bond donors (Lipinski definition) is 1. The van der Waals surface area contributed by atoms with Gasteiger partial charge in [0.15, 0.2) is 0 Å². The van der Waals surface area contributed by atoms with Crippen LogP contribution in [0, 0.1) is 0 Å². The van der Waals surface area contributed by atoms with Crippen LogP contribution in [0.15, 0.2) is 42.7 Å². The van der Waals surface area contributed by atoms with Crippen molar-refractivity contribution < 1.29 is 14.6 Å². The van der Waals surface area contributed by atoms with Crippen molar-refractivity contribution in [2.45, 2.75) is 12.5 Å². The number of pyridine rings is 1. The van der Waals surface area contributed by atoms with Crippen LogP contribution in [0.3, 0.4) is 0 Å². The molecule has 0 amide bonds. The first kappa shape index (κ1) is 13.4. The molecule has 0 saturated heterocycles. The summed E-state index contributed by atoms with van der Waals surface area (Å²) in [5, 5.41) is 10.3. The summed E-state index contributed by atoms with van der Waals surface area (Å²) in [6.07, 6.45) is 3.32. The van der Waals surface area contributed by atoms with E-state index in [0.29, 0.717) is 17.9 Å². The third-order valence-electron chi connectivity index (χ3n) is 2.95. The van der Waals surface area contributed by atoms with Crippen molar-refractivity contribution in [3.8, 4) is 11.5 Å². The van der Waals surface area contributed by atoms with Crippen LogP contribution in [0.5, 0.6) is 11.5 Å². The molecule has 19 heavy (non-hydrogen) atoms. The molecule has 1 unspecified atom stereocenters. The van der Waals surface area contributed by atoms with Gasteiger partial charge in [-0.2, -0.15) is 0 Å². The summed E-state index contributed by atoms with van der Waals surface area (Å²) in [6, 6.07) is 9.18. The van der Waals surface area contributed by atoms with Crippen LogP contribution < -0.4 is 9.47 Å². The lowest BCUT2D eigenvalue weighted by Gasteiger charge is -2.15. The van der Waals surface area contributed by atoms with E-state index >= 15 is 0 Å². The molecule has 100 valence electrons. The lowest BCUT2D eigenvalue weighted by molar-refractivity contribution is 0.173. The lowest BCUT2D eigenvalue weighted by Crippen LogP contribution is -2.04. The van der Waals surface area contributed by atoms with Gasteiger partial charge in [-0.1, -0.05) is 6.07 Å². The molecular formula is C15H17NO3. The Hall–Kier alpha value is -2.07. The van der Waals surface area contributed by atoms with Crippen molar-refractivity contribution >= 4 is 0 Å². The Labute approximate surface area is 112 Å². The van der Waals surface area contributed by atoms with Gasteiger partial charge in [0.2, 0.25) is 0 Å². The molecular weight excluding hydrogens is 242 g/mol. The summed E-state index contributed by atoms with van der Waals surface area (Å²) in [6.45, 7) is 0. The van der Waals surface area contributed by atoms with Gasteiger partial charge in [-0.05, 0) is 23.8 Å². The zero-order chi connectivity index (χ0) is 13.7. The van der Waals surface area contributed by atoms with Crippen LogP contribution in [-0.4, -0.2) is 24.3 Å². The molecule has 1 aromatic heterocycles. The van der Waals surface area contributed by atoms with Crippen molar-refractivity contribution in [2.24, 2.45) is 0 Å². The number of nitrogens with zero attached hydrogens (tertiary/aromatic N) is 1. The zero-order valence-corrected chi connectivity index (χ0v) is 11.0. The molecule has 0 aliphatic carbocycles. The normalized spacial score (nSPS) is 11.9. The Balaban J connectivity index is 2.21. The summed E-state index contributed by atoms with van der Waals surface area (Å²) in [5.74, 6) is 1.32. The van der Waals surface area contributed by atoms with Gasteiger partial charge in [-0.25, -0.2) is 0 Å². The van der Waals surface area contributed by atoms with Crippen molar-refractivity contribution in [1.82, 2.24) is 4.98 Å². The van der Waals surface area contributed by atoms with Crippen LogP contribution in [0.4, 0.5) is 0 Å². The van der Waals surface area contributed by atoms with Gasteiger partial charge in [0.05, 0.1) is 20.3 Å². The molecule has 0 bridgehead atoms. The van der Waals surface area contributed by atoms with Gasteiger partial charge in [0.25, 0.3) is 0 Å². The number of aliphatic hydroxyl groups is 1. The van der Waals surface area contributed by atoms with Gasteiger partial charge in [0, 0.05) is 30.4 Å². The number of ether oxygens (including phenoxy) is 2. The number of hydrogen-bond acceptors (Lipinski definition) is 4. The maximum atomic E-state index is 10.3. The number of aliphatic hydroxyl groups excluding tert-OH is 1. The summed E-state index contributed by atoms with van der Waals surface area (Å²) in [4.78, 5) is 4.04.